The molecule has 0 N–H and O–H groups in total. The molecular formula is C17H28O2. The van der Waals surface area contributed by atoms with Crippen LogP contribution in [0.4, 0.5) is 0 Å². The number of carbonyl (C=O) groups is 1. The van der Waals surface area contributed by atoms with E-state index in [0.29, 0.717) is 17.9 Å². The molecule has 2 aliphatic rings. The Bertz CT molecular complexity index is 383. The van der Waals surface area contributed by atoms with E-state index < -0.39 is 0 Å². The second kappa shape index (κ2) is 4.96. The Balaban J connectivity index is 2.24. The van der Waals surface area contributed by atoms with Gasteiger partial charge >= 0.3 is 5.97 Å². The summed E-state index contributed by atoms with van der Waals surface area (Å²) >= 11 is 0. The zero-order valence-electron chi connectivity index (χ0n) is 12.9. The largest absolute Gasteiger partial charge is 0.465 e. The van der Waals surface area contributed by atoms with Crippen molar-refractivity contribution in [2.75, 3.05) is 6.61 Å². The number of carbonyl (C=O) groups excluding carboxylic acids is 1. The molecule has 108 valence electrons. The first kappa shape index (κ1) is 14.6. The number of ether oxygens (including phenoxy) is 1. The molecular weight excluding hydrogens is 236 g/mol. The van der Waals surface area contributed by atoms with Crippen LogP contribution in [0.3, 0.4) is 0 Å². The van der Waals surface area contributed by atoms with Crippen LogP contribution in [0.15, 0.2) is 12.2 Å². The van der Waals surface area contributed by atoms with Crippen LogP contribution in [0, 0.1) is 22.7 Å². The molecule has 2 nitrogen and oxygen atoms in total. The molecule has 2 aliphatic carbocycles. The summed E-state index contributed by atoms with van der Waals surface area (Å²) < 4.78 is 5.33. The van der Waals surface area contributed by atoms with E-state index in [4.69, 9.17) is 4.74 Å². The number of esters is 1. The molecule has 2 fully saturated rings. The minimum atomic E-state index is -0.173. The zero-order chi connectivity index (χ0) is 14.3. The average Bonchev–Trinajstić information content (AvgIpc) is 2.26. The van der Waals surface area contributed by atoms with Crippen molar-refractivity contribution >= 4 is 5.97 Å². The van der Waals surface area contributed by atoms with Crippen LogP contribution in [-0.2, 0) is 9.53 Å². The lowest BCUT2D eigenvalue weighted by molar-refractivity contribution is -0.146. The number of fused-ring (bicyclic) bond motifs is 1. The number of hydrogen-bond donors (Lipinski definition) is 0. The highest BCUT2D eigenvalue weighted by molar-refractivity contribution is 5.65. The second-order valence-corrected chi connectivity index (χ2v) is 7.45. The van der Waals surface area contributed by atoms with Crippen molar-refractivity contribution < 1.29 is 9.53 Å². The third-order valence-electron chi connectivity index (χ3n) is 5.77. The lowest BCUT2D eigenvalue weighted by Gasteiger charge is -2.57. The molecule has 2 saturated carbocycles. The summed E-state index contributed by atoms with van der Waals surface area (Å²) in [5.74, 6) is 0.892. The summed E-state index contributed by atoms with van der Waals surface area (Å²) in [6.45, 7) is 13.5. The van der Waals surface area contributed by atoms with Gasteiger partial charge in [0.1, 0.15) is 0 Å². The maximum atomic E-state index is 11.1. The van der Waals surface area contributed by atoms with Crippen LogP contribution in [0.25, 0.3) is 0 Å². The van der Waals surface area contributed by atoms with E-state index in [1.54, 1.807) is 0 Å². The zero-order valence-corrected chi connectivity index (χ0v) is 12.9. The second-order valence-electron chi connectivity index (χ2n) is 7.45. The topological polar surface area (TPSA) is 26.3 Å². The molecule has 19 heavy (non-hydrogen) atoms. The lowest BCUT2D eigenvalue weighted by atomic mass is 9.48. The van der Waals surface area contributed by atoms with Gasteiger partial charge in [0.25, 0.3) is 0 Å². The lowest BCUT2D eigenvalue weighted by Crippen LogP contribution is -2.50. The molecule has 0 saturated heterocycles. The highest BCUT2D eigenvalue weighted by atomic mass is 16.5. The van der Waals surface area contributed by atoms with Crippen LogP contribution in [-0.4, -0.2) is 12.6 Å². The fraction of sp³-hybridized carbons (Fsp3) is 0.824. The molecule has 2 heteroatoms. The average molecular weight is 264 g/mol. The van der Waals surface area contributed by atoms with Gasteiger partial charge in [-0.25, -0.2) is 0 Å². The maximum Gasteiger partial charge on any atom is 0.302 e. The monoisotopic (exact) mass is 264 g/mol. The normalized spacial score (nSPS) is 37.6. The summed E-state index contributed by atoms with van der Waals surface area (Å²) in [6.07, 6.45) is 6.18. The van der Waals surface area contributed by atoms with E-state index in [9.17, 15) is 4.79 Å². The summed E-state index contributed by atoms with van der Waals surface area (Å²) in [5.41, 5.74) is 1.95. The molecule has 0 aromatic heterocycles. The van der Waals surface area contributed by atoms with Crippen LogP contribution in [0.5, 0.6) is 0 Å². The van der Waals surface area contributed by atoms with E-state index in [-0.39, 0.29) is 11.4 Å². The molecule has 2 rings (SSSR count). The Labute approximate surface area is 117 Å². The van der Waals surface area contributed by atoms with Gasteiger partial charge in [0.05, 0.1) is 6.61 Å². The molecule has 0 aliphatic heterocycles. The molecule has 0 amide bonds. The number of rotatable bonds is 2. The summed E-state index contributed by atoms with van der Waals surface area (Å²) in [6, 6.07) is 0. The van der Waals surface area contributed by atoms with Gasteiger partial charge in [-0.2, -0.15) is 0 Å². The smallest absolute Gasteiger partial charge is 0.302 e. The van der Waals surface area contributed by atoms with Crippen molar-refractivity contribution in [1.82, 2.24) is 0 Å². The molecule has 0 unspecified atom stereocenters. The summed E-state index contributed by atoms with van der Waals surface area (Å²) in [5, 5.41) is 0. The van der Waals surface area contributed by atoms with Crippen LogP contribution in [0.2, 0.25) is 0 Å². The Morgan fingerprint density at radius 2 is 2.05 bits per heavy atom. The number of hydrogen-bond acceptors (Lipinski definition) is 2. The third-order valence-corrected chi connectivity index (χ3v) is 5.77. The van der Waals surface area contributed by atoms with E-state index >= 15 is 0 Å². The fourth-order valence-corrected chi connectivity index (χ4v) is 4.78. The van der Waals surface area contributed by atoms with E-state index in [2.05, 4.69) is 27.4 Å². The third kappa shape index (κ3) is 2.59. The van der Waals surface area contributed by atoms with Crippen LogP contribution in [0.1, 0.15) is 59.8 Å². The quantitative estimate of drug-likeness (QED) is 0.547. The first-order valence-electron chi connectivity index (χ1n) is 7.58. The summed E-state index contributed by atoms with van der Waals surface area (Å²) in [4.78, 5) is 11.1. The van der Waals surface area contributed by atoms with Crippen LogP contribution < -0.4 is 0 Å². The molecule has 0 radical (unpaired) electrons. The van der Waals surface area contributed by atoms with Crippen molar-refractivity contribution in [2.24, 2.45) is 22.7 Å². The first-order chi connectivity index (χ1) is 8.77. The van der Waals surface area contributed by atoms with Gasteiger partial charge in [-0.1, -0.05) is 39.3 Å². The Morgan fingerprint density at radius 3 is 2.68 bits per heavy atom. The summed E-state index contributed by atoms with van der Waals surface area (Å²) in [7, 11) is 0. The minimum absolute atomic E-state index is 0.173. The maximum absolute atomic E-state index is 11.1. The minimum Gasteiger partial charge on any atom is -0.465 e. The van der Waals surface area contributed by atoms with Gasteiger partial charge in [-0.15, -0.1) is 0 Å². The Kier molecular flexibility index (Phi) is 3.81. The highest BCUT2D eigenvalue weighted by Gasteiger charge is 2.53. The van der Waals surface area contributed by atoms with Gasteiger partial charge in [0.2, 0.25) is 0 Å². The Morgan fingerprint density at radius 1 is 1.37 bits per heavy atom. The fourth-order valence-electron chi connectivity index (χ4n) is 4.78. The first-order valence-corrected chi connectivity index (χ1v) is 7.58. The van der Waals surface area contributed by atoms with Gasteiger partial charge in [-0.05, 0) is 42.4 Å². The van der Waals surface area contributed by atoms with Crippen molar-refractivity contribution in [3.8, 4) is 0 Å². The van der Waals surface area contributed by atoms with Gasteiger partial charge < -0.3 is 4.74 Å². The highest BCUT2D eigenvalue weighted by Crippen LogP contribution is 2.60. The standard InChI is InChI=1S/C17H28O2/c1-12-7-8-15-16(3,4)9-6-10-17(15,5)14(12)11-19-13(2)18/h14-15H,1,6-11H2,2-5H3/t14-,15-,17+/m1/s1. The molecule has 0 aromatic carbocycles. The van der Waals surface area contributed by atoms with Crippen LogP contribution >= 0.6 is 0 Å². The van der Waals surface area contributed by atoms with Crippen molar-refractivity contribution in [3.05, 3.63) is 12.2 Å². The van der Waals surface area contributed by atoms with Gasteiger partial charge in [-0.3, -0.25) is 4.79 Å². The van der Waals surface area contributed by atoms with E-state index in [0.717, 1.165) is 12.3 Å². The van der Waals surface area contributed by atoms with E-state index in [1.165, 1.54) is 38.2 Å². The SMILES string of the molecule is C=C1CC[C@@H]2C(C)(C)CCC[C@@]2(C)[C@@H]1COC(C)=O. The van der Waals surface area contributed by atoms with Gasteiger partial charge in [0.15, 0.2) is 0 Å². The predicted octanol–water partition coefficient (Wildman–Crippen LogP) is 4.35. The van der Waals surface area contributed by atoms with E-state index in [1.807, 2.05) is 0 Å². The predicted molar refractivity (Wildman–Crippen MR) is 77.7 cm³/mol. The molecule has 0 aromatic rings. The van der Waals surface area contributed by atoms with Crippen molar-refractivity contribution in [1.29, 1.82) is 0 Å². The van der Waals surface area contributed by atoms with Gasteiger partial charge in [0, 0.05) is 12.8 Å². The molecule has 0 spiro atoms. The molecule has 3 atom stereocenters. The van der Waals surface area contributed by atoms with Crippen molar-refractivity contribution in [3.63, 3.8) is 0 Å². The molecule has 0 heterocycles. The molecule has 0 bridgehead atoms. The van der Waals surface area contributed by atoms with Crippen molar-refractivity contribution in [2.45, 2.75) is 59.8 Å². The Hall–Kier alpha value is -0.790.